The summed E-state index contributed by atoms with van der Waals surface area (Å²) < 4.78 is 86.3. The van der Waals surface area contributed by atoms with Crippen LogP contribution in [0.25, 0.3) is 0 Å². The number of rotatable bonds is 69. The zero-order valence-electron chi connectivity index (χ0n) is 74.8. The Kier molecular flexibility index (Phi) is 65.6. The van der Waals surface area contributed by atoms with Crippen molar-refractivity contribution in [2.24, 2.45) is 5.92 Å². The van der Waals surface area contributed by atoms with E-state index in [-0.39, 0.29) is 114 Å². The van der Waals surface area contributed by atoms with E-state index < -0.39 is 184 Å². The number of carbonyl (C=O) groups excluding carboxylic acids is 9. The van der Waals surface area contributed by atoms with Crippen molar-refractivity contribution >= 4 is 68.4 Å². The van der Waals surface area contributed by atoms with Gasteiger partial charge in [-0.3, -0.25) is 61.2 Å². The van der Waals surface area contributed by atoms with E-state index in [4.69, 9.17) is 51.3 Å². The second kappa shape index (κ2) is 69.3. The normalized spacial score (nSPS) is 23.5. The number of phosphoric acid groups is 2. The highest BCUT2D eigenvalue weighted by Crippen LogP contribution is 2.44. The fraction of sp³-hybridized carbons (Fsp3) is 0.890. The lowest BCUT2D eigenvalue weighted by atomic mass is 9.97. The second-order valence-corrected chi connectivity index (χ2v) is 34.5. The molecule has 0 aliphatic carbocycles. The van der Waals surface area contributed by atoms with Gasteiger partial charge < -0.3 is 125 Å². The van der Waals surface area contributed by atoms with E-state index in [1.165, 1.54) is 42.6 Å². The van der Waals surface area contributed by atoms with E-state index in [0.29, 0.717) is 173 Å². The Balaban J connectivity index is 0.0000124. The second-order valence-electron chi connectivity index (χ2n) is 31.6. The summed E-state index contributed by atoms with van der Waals surface area (Å²) >= 11 is 0. The van der Waals surface area contributed by atoms with Crippen LogP contribution in [0, 0.1) is 5.92 Å². The molecule has 42 heteroatoms. The molecule has 3 heterocycles. The van der Waals surface area contributed by atoms with E-state index in [1.807, 2.05) is 13.8 Å². The molecule has 3 fully saturated rings. The molecule has 0 bridgehead atoms. The molecule has 0 saturated carbocycles. The van der Waals surface area contributed by atoms with Crippen LogP contribution in [-0.2, 0) is 104 Å². The molecule has 726 valence electrons. The summed E-state index contributed by atoms with van der Waals surface area (Å²) in [6, 6.07) is -3.17. The third-order valence-electron chi connectivity index (χ3n) is 20.1. The predicted molar refractivity (Wildman–Crippen MR) is 452 cm³/mol. The van der Waals surface area contributed by atoms with Crippen molar-refractivity contribution in [1.29, 1.82) is 0 Å². The fourth-order valence-electron chi connectivity index (χ4n) is 13.5. The molecule has 0 aromatic heterocycles. The topological polar surface area (TPSA) is 578 Å². The quantitative estimate of drug-likeness (QED) is 0.0307. The van der Waals surface area contributed by atoms with Crippen LogP contribution in [0.4, 0.5) is 0 Å². The number of hydrogen-bond donors (Lipinski definition) is 15. The summed E-state index contributed by atoms with van der Waals surface area (Å²) in [5.74, 6) is -1.49. The van der Waals surface area contributed by atoms with E-state index in [1.54, 1.807) is 0 Å². The molecular weight excluding hydrogens is 1670 g/mol. The van der Waals surface area contributed by atoms with Crippen molar-refractivity contribution in [3.8, 4) is 0 Å². The molecule has 6 amide bonds. The summed E-state index contributed by atoms with van der Waals surface area (Å²) in [4.78, 5) is 139. The van der Waals surface area contributed by atoms with Gasteiger partial charge in [0.2, 0.25) is 35.4 Å². The first-order chi connectivity index (χ1) is 59.0. The largest absolute Gasteiger partial charge is 0.472 e. The third kappa shape index (κ3) is 52.3. The van der Waals surface area contributed by atoms with Gasteiger partial charge in [-0.1, -0.05) is 92.4 Å². The lowest BCUT2D eigenvalue weighted by Crippen LogP contribution is -2.64. The Bertz CT molecular complexity index is 3030. The van der Waals surface area contributed by atoms with Gasteiger partial charge in [-0.25, -0.2) is 9.13 Å². The first kappa shape index (κ1) is 117. The van der Waals surface area contributed by atoms with Crippen LogP contribution in [0.15, 0.2) is 0 Å². The van der Waals surface area contributed by atoms with Crippen LogP contribution < -0.4 is 16.0 Å². The number of nitrogens with one attached hydrogen (secondary N) is 3. The average Bonchev–Trinajstić information content (AvgIpc) is 0.817. The Morgan fingerprint density at radius 3 is 0.774 bits per heavy atom. The number of hydrogen-bond acceptors (Lipinski definition) is 32. The molecule has 17 unspecified atom stereocenters. The zero-order valence-corrected chi connectivity index (χ0v) is 76.6. The summed E-state index contributed by atoms with van der Waals surface area (Å²) in [6.45, 7) is 9.82. The minimum Gasteiger partial charge on any atom is -0.395 e. The van der Waals surface area contributed by atoms with E-state index in [9.17, 15) is 113 Å². The maximum absolute atomic E-state index is 13.7. The number of nitrogens with zero attached hydrogens (tertiary/aromatic N) is 3. The van der Waals surface area contributed by atoms with Gasteiger partial charge in [0.05, 0.1) is 59.5 Å². The molecule has 124 heavy (non-hydrogen) atoms. The first-order valence-corrected chi connectivity index (χ1v) is 47.3. The van der Waals surface area contributed by atoms with Gasteiger partial charge in [0.25, 0.3) is 0 Å². The number of ether oxygens (including phenoxy) is 7. The van der Waals surface area contributed by atoms with E-state index >= 15 is 0 Å². The van der Waals surface area contributed by atoms with E-state index in [2.05, 4.69) is 36.7 Å². The SMILES string of the molecule is CC.CC(C)C.COCCN(CCOP(=O)(O)OCCN(CCOP(=O)(O)OCCN(CCO)C(=O)CCCCCCC(=O)CCCCCOC1OC(CO)C(O)C(O)C1NC(C)=O)C(=O)CCCCCCC(=O)CCCCCOC1OC(CO)C(O)C(O)C1NC(C)=O)C(=O)CCCCCCC(=O)CCCCCOC1OC(CO)C(O)C(O)C1NC(C)=O. The molecule has 3 rings (SSSR count). The van der Waals surface area contributed by atoms with Gasteiger partial charge in [0.15, 0.2) is 18.9 Å². The fourth-order valence-corrected chi connectivity index (χ4v) is 14.9. The lowest BCUT2D eigenvalue weighted by Gasteiger charge is -2.42. The monoisotopic (exact) mass is 1830 g/mol. The van der Waals surface area contributed by atoms with Crippen molar-refractivity contribution in [3.05, 3.63) is 0 Å². The number of methoxy groups -OCH3 is 1. The molecule has 0 spiro atoms. The molecule has 3 aliphatic rings. The molecule has 0 aromatic rings. The highest BCUT2D eigenvalue weighted by molar-refractivity contribution is 7.47. The maximum Gasteiger partial charge on any atom is 0.472 e. The summed E-state index contributed by atoms with van der Waals surface area (Å²) in [5.41, 5.74) is 0. The summed E-state index contributed by atoms with van der Waals surface area (Å²) in [7, 11) is -8.20. The van der Waals surface area contributed by atoms with Crippen molar-refractivity contribution in [2.75, 3.05) is 126 Å². The maximum atomic E-state index is 13.7. The minimum absolute atomic E-state index is 0.0333. The highest BCUT2D eigenvalue weighted by atomic mass is 31.2. The number of ketones is 3. The number of amides is 6. The number of unbranched alkanes of at least 4 members (excludes halogenated alkanes) is 15. The first-order valence-electron chi connectivity index (χ1n) is 44.3. The lowest BCUT2D eigenvalue weighted by molar-refractivity contribution is -0.270. The van der Waals surface area contributed by atoms with Crippen molar-refractivity contribution in [3.63, 3.8) is 0 Å². The Morgan fingerprint density at radius 1 is 0.339 bits per heavy atom. The molecule has 15 N–H and O–H groups in total. The van der Waals surface area contributed by atoms with Crippen LogP contribution in [0.2, 0.25) is 0 Å². The predicted octanol–water partition coefficient (Wildman–Crippen LogP) is 3.36. The Morgan fingerprint density at radius 2 is 0.556 bits per heavy atom. The van der Waals surface area contributed by atoms with E-state index in [0.717, 1.165) is 5.92 Å². The van der Waals surface area contributed by atoms with Gasteiger partial charge in [-0.05, 0) is 83.0 Å². The number of aliphatic hydroxyl groups excluding tert-OH is 10. The van der Waals surface area contributed by atoms with Gasteiger partial charge in [0.1, 0.15) is 90.4 Å². The number of Topliss-reactive ketones (excluding diaryl/α,β-unsaturated/α-hetero) is 3. The van der Waals surface area contributed by atoms with Crippen LogP contribution >= 0.6 is 15.6 Å². The Labute approximate surface area is 732 Å². The van der Waals surface area contributed by atoms with Gasteiger partial charge in [-0.2, -0.15) is 0 Å². The zero-order chi connectivity index (χ0) is 93.0. The number of phosphoric ester groups is 2. The molecule has 40 nitrogen and oxygen atoms in total. The van der Waals surface area contributed by atoms with Gasteiger partial charge in [0, 0.05) is 145 Å². The molecular formula is C82H154N6O34P2. The molecule has 17 atom stereocenters. The average molecular weight is 1830 g/mol. The molecule has 0 aromatic carbocycles. The number of aliphatic hydroxyl groups is 10. The van der Waals surface area contributed by atoms with Gasteiger partial charge >= 0.3 is 15.6 Å². The van der Waals surface area contributed by atoms with Crippen LogP contribution in [-0.4, -0.2) is 346 Å². The molecule has 3 saturated heterocycles. The molecule has 3 aliphatic heterocycles. The van der Waals surface area contributed by atoms with Crippen LogP contribution in [0.5, 0.6) is 0 Å². The number of carbonyl (C=O) groups is 9. The van der Waals surface area contributed by atoms with Crippen LogP contribution in [0.3, 0.4) is 0 Å². The standard InChI is InChI=1S/C76H138N6O34P2.C4H10.C2H6/c1-53(87)77-65-71(99)68(96)59(50-84)114-74(65)107-42-23-11-17-29-56(90)26-14-5-8-20-32-62(93)80(35-41-83)37-46-110-117(102,103)112-48-39-82(64(95)34-22-10-7-16-28-58(92)31-19-13-25-44-109-76-67(79-55(3)89)73(101)70(98)61(52-86)116-76)40-49-113-118(104,105)111-47-38-81(36-45-106-4)63(94)33-21-9-6-15-27-57(91)30-18-12-24-43-108-75-66(78-54(2)88)72(100)69(97)60(51-85)115-75;1-4(2)3;1-2/h59-61,65-76,83-86,96-101H,5-52H2,1-4H3,(H,77,87)(H,78,88)(H,79,89)(H,102,103)(H,104,105);4H,1-3H3;1-2H3. The summed E-state index contributed by atoms with van der Waals surface area (Å²) in [6.07, 6.45) is -0.978. The Hall–Kier alpha value is -4.63. The summed E-state index contributed by atoms with van der Waals surface area (Å²) in [5, 5.41) is 108. The molecule has 0 radical (unpaired) electrons. The van der Waals surface area contributed by atoms with Gasteiger partial charge in [-0.15, -0.1) is 0 Å². The highest BCUT2D eigenvalue weighted by Gasteiger charge is 2.48. The smallest absolute Gasteiger partial charge is 0.395 e. The van der Waals surface area contributed by atoms with Crippen molar-refractivity contribution < 1.29 is 164 Å². The third-order valence-corrected chi connectivity index (χ3v) is 22.2. The minimum atomic E-state index is -4.84. The van der Waals surface area contributed by atoms with Crippen molar-refractivity contribution in [2.45, 2.75) is 340 Å². The van der Waals surface area contributed by atoms with Crippen molar-refractivity contribution in [1.82, 2.24) is 30.7 Å². The van der Waals surface area contributed by atoms with Crippen LogP contribution in [0.1, 0.15) is 248 Å².